The lowest BCUT2D eigenvalue weighted by Crippen LogP contribution is -2.30. The van der Waals surface area contributed by atoms with Crippen molar-refractivity contribution in [1.82, 2.24) is 15.0 Å². The molecule has 0 aliphatic rings. The Balaban J connectivity index is 2.11. The maximum atomic E-state index is 11.9. The van der Waals surface area contributed by atoms with Gasteiger partial charge in [-0.15, -0.1) is 11.3 Å². The van der Waals surface area contributed by atoms with E-state index in [0.29, 0.717) is 24.8 Å². The SMILES string of the molecule is NNC(=O)CCCn1cnc2sccc2c1=O. The summed E-state index contributed by atoms with van der Waals surface area (Å²) in [6.07, 6.45) is 2.37. The number of nitrogens with zero attached hydrogens (tertiary/aromatic N) is 2. The number of aromatic nitrogens is 2. The van der Waals surface area contributed by atoms with Crippen LogP contribution in [0.15, 0.2) is 22.6 Å². The van der Waals surface area contributed by atoms with Gasteiger partial charge >= 0.3 is 0 Å². The number of hydrazine groups is 1. The Morgan fingerprint density at radius 2 is 2.41 bits per heavy atom. The van der Waals surface area contributed by atoms with E-state index in [9.17, 15) is 9.59 Å². The van der Waals surface area contributed by atoms with Gasteiger partial charge in [-0.3, -0.25) is 19.6 Å². The second kappa shape index (κ2) is 5.07. The van der Waals surface area contributed by atoms with E-state index >= 15 is 0 Å². The number of fused-ring (bicyclic) bond motifs is 1. The Bertz CT molecular complexity index is 589. The summed E-state index contributed by atoms with van der Waals surface area (Å²) < 4.78 is 1.51. The van der Waals surface area contributed by atoms with Gasteiger partial charge in [0.25, 0.3) is 5.56 Å². The molecule has 1 amide bonds. The van der Waals surface area contributed by atoms with Gasteiger partial charge < -0.3 is 0 Å². The summed E-state index contributed by atoms with van der Waals surface area (Å²) in [5.74, 6) is 4.73. The largest absolute Gasteiger partial charge is 0.299 e. The molecule has 0 bridgehead atoms. The molecule has 0 radical (unpaired) electrons. The minimum Gasteiger partial charge on any atom is -0.299 e. The fraction of sp³-hybridized carbons (Fsp3) is 0.300. The highest BCUT2D eigenvalue weighted by atomic mass is 32.1. The van der Waals surface area contributed by atoms with Gasteiger partial charge in [-0.2, -0.15) is 0 Å². The molecule has 6 nitrogen and oxygen atoms in total. The van der Waals surface area contributed by atoms with E-state index in [2.05, 4.69) is 10.4 Å². The second-order valence-corrected chi connectivity index (χ2v) is 4.45. The normalized spacial score (nSPS) is 10.6. The molecule has 0 saturated carbocycles. The van der Waals surface area contributed by atoms with Crippen molar-refractivity contribution in [2.24, 2.45) is 5.84 Å². The van der Waals surface area contributed by atoms with E-state index in [1.54, 1.807) is 6.07 Å². The topological polar surface area (TPSA) is 90.0 Å². The summed E-state index contributed by atoms with van der Waals surface area (Å²) in [5, 5.41) is 2.46. The summed E-state index contributed by atoms with van der Waals surface area (Å²) in [6, 6.07) is 1.76. The predicted molar refractivity (Wildman–Crippen MR) is 65.4 cm³/mol. The van der Waals surface area contributed by atoms with Gasteiger partial charge in [0, 0.05) is 13.0 Å². The lowest BCUT2D eigenvalue weighted by Gasteiger charge is -2.04. The summed E-state index contributed by atoms with van der Waals surface area (Å²) in [5.41, 5.74) is 1.99. The van der Waals surface area contributed by atoms with Gasteiger partial charge in [-0.25, -0.2) is 10.8 Å². The van der Waals surface area contributed by atoms with Gasteiger partial charge in [0.2, 0.25) is 5.91 Å². The molecule has 0 spiro atoms. The number of carbonyl (C=O) groups is 1. The number of nitrogens with one attached hydrogen (secondary N) is 1. The predicted octanol–water partition coefficient (Wildman–Crippen LogP) is 0.228. The van der Waals surface area contributed by atoms with Crippen LogP contribution in [0.1, 0.15) is 12.8 Å². The van der Waals surface area contributed by atoms with Crippen LogP contribution in [-0.2, 0) is 11.3 Å². The molecule has 0 aromatic carbocycles. The average Bonchev–Trinajstić information content (AvgIpc) is 2.81. The van der Waals surface area contributed by atoms with Crippen LogP contribution in [0.2, 0.25) is 0 Å². The van der Waals surface area contributed by atoms with E-state index in [-0.39, 0.29) is 11.5 Å². The molecule has 17 heavy (non-hydrogen) atoms. The highest BCUT2D eigenvalue weighted by molar-refractivity contribution is 7.16. The Hall–Kier alpha value is -1.73. The van der Waals surface area contributed by atoms with Crippen molar-refractivity contribution in [3.05, 3.63) is 28.1 Å². The Morgan fingerprint density at radius 1 is 1.59 bits per heavy atom. The fourth-order valence-corrected chi connectivity index (χ4v) is 2.26. The lowest BCUT2D eigenvalue weighted by atomic mass is 10.3. The third kappa shape index (κ3) is 2.51. The van der Waals surface area contributed by atoms with Crippen LogP contribution in [0.25, 0.3) is 10.2 Å². The Labute approximate surface area is 101 Å². The number of amides is 1. The standard InChI is InChI=1S/C10H12N4O2S/c11-13-8(15)2-1-4-14-6-12-9-7(10(14)16)3-5-17-9/h3,5-6H,1-2,4,11H2,(H,13,15). The minimum absolute atomic E-state index is 0.0654. The average molecular weight is 252 g/mol. The van der Waals surface area contributed by atoms with Crippen LogP contribution in [-0.4, -0.2) is 15.5 Å². The molecule has 0 saturated heterocycles. The van der Waals surface area contributed by atoms with Crippen molar-refractivity contribution >= 4 is 27.5 Å². The van der Waals surface area contributed by atoms with E-state index < -0.39 is 0 Å². The van der Waals surface area contributed by atoms with Gasteiger partial charge in [-0.05, 0) is 17.9 Å². The molecule has 7 heteroatoms. The maximum Gasteiger partial charge on any atom is 0.262 e. The number of carbonyl (C=O) groups excluding carboxylic acids is 1. The van der Waals surface area contributed by atoms with E-state index in [1.165, 1.54) is 22.2 Å². The van der Waals surface area contributed by atoms with Crippen LogP contribution in [0.5, 0.6) is 0 Å². The molecule has 2 aromatic heterocycles. The zero-order chi connectivity index (χ0) is 12.3. The number of nitrogens with two attached hydrogens (primary N) is 1. The maximum absolute atomic E-state index is 11.9. The molecular formula is C10H12N4O2S. The third-order valence-corrected chi connectivity index (χ3v) is 3.24. The Kier molecular flexibility index (Phi) is 3.50. The van der Waals surface area contributed by atoms with Crippen molar-refractivity contribution in [2.45, 2.75) is 19.4 Å². The molecule has 2 rings (SSSR count). The number of aryl methyl sites for hydroxylation is 1. The Morgan fingerprint density at radius 3 is 3.18 bits per heavy atom. The van der Waals surface area contributed by atoms with Gasteiger partial charge in [0.15, 0.2) is 0 Å². The molecule has 2 aromatic rings. The van der Waals surface area contributed by atoms with Crippen molar-refractivity contribution in [2.75, 3.05) is 0 Å². The van der Waals surface area contributed by atoms with Crippen molar-refractivity contribution in [3.8, 4) is 0 Å². The van der Waals surface area contributed by atoms with Crippen LogP contribution in [0.4, 0.5) is 0 Å². The van der Waals surface area contributed by atoms with E-state index in [0.717, 1.165) is 4.83 Å². The first-order valence-corrected chi connectivity index (χ1v) is 6.02. The van der Waals surface area contributed by atoms with Crippen molar-refractivity contribution < 1.29 is 4.79 Å². The number of hydrogen-bond acceptors (Lipinski definition) is 5. The van der Waals surface area contributed by atoms with Crippen LogP contribution in [0, 0.1) is 0 Å². The molecule has 0 aliphatic heterocycles. The molecular weight excluding hydrogens is 240 g/mol. The lowest BCUT2D eigenvalue weighted by molar-refractivity contribution is -0.121. The first-order valence-electron chi connectivity index (χ1n) is 5.14. The highest BCUT2D eigenvalue weighted by Crippen LogP contribution is 2.13. The minimum atomic E-state index is -0.234. The molecule has 0 aliphatic carbocycles. The monoisotopic (exact) mass is 252 g/mol. The summed E-state index contributed by atoms with van der Waals surface area (Å²) in [6.45, 7) is 0.463. The number of thiophene rings is 1. The first kappa shape index (κ1) is 11.7. The van der Waals surface area contributed by atoms with Crippen molar-refractivity contribution in [3.63, 3.8) is 0 Å². The smallest absolute Gasteiger partial charge is 0.262 e. The number of rotatable bonds is 4. The molecule has 0 unspecified atom stereocenters. The summed E-state index contributed by atoms with van der Waals surface area (Å²) in [4.78, 5) is 27.8. The molecule has 0 fully saturated rings. The quantitative estimate of drug-likeness (QED) is 0.463. The van der Waals surface area contributed by atoms with Crippen LogP contribution in [0.3, 0.4) is 0 Å². The molecule has 2 heterocycles. The second-order valence-electron chi connectivity index (χ2n) is 3.55. The van der Waals surface area contributed by atoms with Gasteiger partial charge in [0.1, 0.15) is 4.83 Å². The van der Waals surface area contributed by atoms with Crippen LogP contribution >= 0.6 is 11.3 Å². The molecule has 90 valence electrons. The zero-order valence-corrected chi connectivity index (χ0v) is 9.87. The van der Waals surface area contributed by atoms with E-state index in [1.807, 2.05) is 5.38 Å². The summed E-state index contributed by atoms with van der Waals surface area (Å²) in [7, 11) is 0. The first-order chi connectivity index (χ1) is 8.22. The fourth-order valence-electron chi connectivity index (χ4n) is 1.53. The third-order valence-electron chi connectivity index (χ3n) is 2.41. The zero-order valence-electron chi connectivity index (χ0n) is 9.05. The molecule has 0 atom stereocenters. The summed E-state index contributed by atoms with van der Waals surface area (Å²) >= 11 is 1.44. The van der Waals surface area contributed by atoms with Gasteiger partial charge in [0.05, 0.1) is 11.7 Å². The molecule has 3 N–H and O–H groups in total. The van der Waals surface area contributed by atoms with Crippen LogP contribution < -0.4 is 16.8 Å². The highest BCUT2D eigenvalue weighted by Gasteiger charge is 2.05. The van der Waals surface area contributed by atoms with Crippen molar-refractivity contribution in [1.29, 1.82) is 0 Å². The van der Waals surface area contributed by atoms with E-state index in [4.69, 9.17) is 5.84 Å². The number of hydrogen-bond donors (Lipinski definition) is 2. The van der Waals surface area contributed by atoms with Gasteiger partial charge in [-0.1, -0.05) is 0 Å².